The standard InChI is InChI=1S/C12H16N2O2/c1-9-3-5-11(6-4-9)14(10(2)15)8-7-12(13)16/h3-6H,7-8H2,1-2H3,(H2,13,16). The minimum atomic E-state index is -0.404. The summed E-state index contributed by atoms with van der Waals surface area (Å²) >= 11 is 0. The molecule has 86 valence electrons. The van der Waals surface area contributed by atoms with E-state index in [4.69, 9.17) is 5.73 Å². The van der Waals surface area contributed by atoms with E-state index in [1.807, 2.05) is 31.2 Å². The van der Waals surface area contributed by atoms with Gasteiger partial charge in [0.2, 0.25) is 11.8 Å². The molecule has 4 nitrogen and oxygen atoms in total. The van der Waals surface area contributed by atoms with Gasteiger partial charge in [-0.2, -0.15) is 0 Å². The molecule has 0 aromatic heterocycles. The SMILES string of the molecule is CC(=O)N(CCC(N)=O)c1ccc(C)cc1. The van der Waals surface area contributed by atoms with Crippen molar-refractivity contribution in [3.8, 4) is 0 Å². The van der Waals surface area contributed by atoms with Gasteiger partial charge in [-0.25, -0.2) is 0 Å². The Morgan fingerprint density at radius 3 is 2.25 bits per heavy atom. The first-order valence-corrected chi connectivity index (χ1v) is 5.14. The van der Waals surface area contributed by atoms with E-state index in [0.717, 1.165) is 11.3 Å². The maximum atomic E-state index is 11.4. The summed E-state index contributed by atoms with van der Waals surface area (Å²) in [5, 5.41) is 0. The largest absolute Gasteiger partial charge is 0.370 e. The second-order valence-electron chi connectivity index (χ2n) is 3.72. The zero-order valence-electron chi connectivity index (χ0n) is 9.56. The minimum absolute atomic E-state index is 0.0925. The topological polar surface area (TPSA) is 63.4 Å². The van der Waals surface area contributed by atoms with E-state index in [1.54, 1.807) is 4.90 Å². The first-order chi connectivity index (χ1) is 7.50. The highest BCUT2D eigenvalue weighted by atomic mass is 16.2. The number of amides is 2. The van der Waals surface area contributed by atoms with Crippen molar-refractivity contribution in [2.75, 3.05) is 11.4 Å². The molecule has 0 fully saturated rings. The highest BCUT2D eigenvalue weighted by molar-refractivity contribution is 5.92. The Kier molecular flexibility index (Phi) is 4.05. The van der Waals surface area contributed by atoms with Gasteiger partial charge in [0.05, 0.1) is 0 Å². The Bertz CT molecular complexity index is 385. The van der Waals surface area contributed by atoms with Crippen LogP contribution in [-0.2, 0) is 9.59 Å². The molecule has 4 heteroatoms. The summed E-state index contributed by atoms with van der Waals surface area (Å²) in [6.45, 7) is 3.78. The molecule has 0 heterocycles. The van der Waals surface area contributed by atoms with Gasteiger partial charge in [-0.15, -0.1) is 0 Å². The van der Waals surface area contributed by atoms with Gasteiger partial charge in [-0.3, -0.25) is 9.59 Å². The first-order valence-electron chi connectivity index (χ1n) is 5.14. The molecular weight excluding hydrogens is 204 g/mol. The summed E-state index contributed by atoms with van der Waals surface area (Å²) in [6.07, 6.45) is 0.174. The Hall–Kier alpha value is -1.84. The fraction of sp³-hybridized carbons (Fsp3) is 0.333. The van der Waals surface area contributed by atoms with Crippen LogP contribution >= 0.6 is 0 Å². The number of hydrogen-bond donors (Lipinski definition) is 1. The van der Waals surface area contributed by atoms with Crippen LogP contribution in [-0.4, -0.2) is 18.4 Å². The summed E-state index contributed by atoms with van der Waals surface area (Å²) in [4.78, 5) is 23.7. The van der Waals surface area contributed by atoms with Crippen molar-refractivity contribution in [2.45, 2.75) is 20.3 Å². The maximum Gasteiger partial charge on any atom is 0.223 e. The molecule has 0 saturated carbocycles. The highest BCUT2D eigenvalue weighted by Crippen LogP contribution is 2.15. The van der Waals surface area contributed by atoms with Crippen LogP contribution in [0.1, 0.15) is 18.9 Å². The number of aryl methyl sites for hydroxylation is 1. The molecule has 0 unspecified atom stereocenters. The lowest BCUT2D eigenvalue weighted by molar-refractivity contribution is -0.118. The molecule has 1 rings (SSSR count). The number of hydrogen-bond acceptors (Lipinski definition) is 2. The third kappa shape index (κ3) is 3.38. The molecular formula is C12H16N2O2. The van der Waals surface area contributed by atoms with Crippen molar-refractivity contribution in [1.82, 2.24) is 0 Å². The molecule has 0 aliphatic carbocycles. The zero-order valence-corrected chi connectivity index (χ0v) is 9.56. The lowest BCUT2D eigenvalue weighted by Gasteiger charge is -2.20. The maximum absolute atomic E-state index is 11.4. The number of benzene rings is 1. The van der Waals surface area contributed by atoms with E-state index >= 15 is 0 Å². The van der Waals surface area contributed by atoms with Crippen LogP contribution in [0.4, 0.5) is 5.69 Å². The minimum Gasteiger partial charge on any atom is -0.370 e. The van der Waals surface area contributed by atoms with E-state index < -0.39 is 5.91 Å². The van der Waals surface area contributed by atoms with Gasteiger partial charge in [0.15, 0.2) is 0 Å². The number of carbonyl (C=O) groups is 2. The number of nitrogens with two attached hydrogens (primary N) is 1. The van der Waals surface area contributed by atoms with E-state index in [2.05, 4.69) is 0 Å². The molecule has 0 atom stereocenters. The Morgan fingerprint density at radius 2 is 1.81 bits per heavy atom. The average molecular weight is 220 g/mol. The van der Waals surface area contributed by atoms with Crippen LogP contribution in [0, 0.1) is 6.92 Å². The monoisotopic (exact) mass is 220 g/mol. The van der Waals surface area contributed by atoms with E-state index in [0.29, 0.717) is 6.54 Å². The van der Waals surface area contributed by atoms with Crippen LogP contribution in [0.15, 0.2) is 24.3 Å². The molecule has 1 aromatic rings. The highest BCUT2D eigenvalue weighted by Gasteiger charge is 2.11. The summed E-state index contributed by atoms with van der Waals surface area (Å²) in [5.74, 6) is -0.497. The lowest BCUT2D eigenvalue weighted by Crippen LogP contribution is -2.32. The van der Waals surface area contributed by atoms with Crippen LogP contribution in [0.2, 0.25) is 0 Å². The van der Waals surface area contributed by atoms with Crippen molar-refractivity contribution < 1.29 is 9.59 Å². The molecule has 0 spiro atoms. The molecule has 2 N–H and O–H groups in total. The Morgan fingerprint density at radius 1 is 1.25 bits per heavy atom. The smallest absolute Gasteiger partial charge is 0.223 e. The fourth-order valence-corrected chi connectivity index (χ4v) is 1.42. The van der Waals surface area contributed by atoms with Gasteiger partial charge >= 0.3 is 0 Å². The molecule has 0 aliphatic rings. The number of primary amides is 1. The second kappa shape index (κ2) is 5.30. The van der Waals surface area contributed by atoms with Gasteiger partial charge in [-0.05, 0) is 19.1 Å². The van der Waals surface area contributed by atoms with Gasteiger partial charge in [-0.1, -0.05) is 17.7 Å². The van der Waals surface area contributed by atoms with Crippen LogP contribution in [0.25, 0.3) is 0 Å². The number of anilines is 1. The van der Waals surface area contributed by atoms with Crippen molar-refractivity contribution in [1.29, 1.82) is 0 Å². The predicted molar refractivity (Wildman–Crippen MR) is 63.0 cm³/mol. The van der Waals surface area contributed by atoms with Gasteiger partial charge in [0, 0.05) is 25.6 Å². The molecule has 2 amide bonds. The fourth-order valence-electron chi connectivity index (χ4n) is 1.42. The lowest BCUT2D eigenvalue weighted by atomic mass is 10.2. The Labute approximate surface area is 95.0 Å². The zero-order chi connectivity index (χ0) is 12.1. The van der Waals surface area contributed by atoms with Crippen molar-refractivity contribution in [2.24, 2.45) is 5.73 Å². The van der Waals surface area contributed by atoms with E-state index in [9.17, 15) is 9.59 Å². The summed E-state index contributed by atoms with van der Waals surface area (Å²) in [6, 6.07) is 7.57. The van der Waals surface area contributed by atoms with Gasteiger partial charge in [0.25, 0.3) is 0 Å². The van der Waals surface area contributed by atoms with Crippen LogP contribution in [0.3, 0.4) is 0 Å². The number of rotatable bonds is 4. The quantitative estimate of drug-likeness (QED) is 0.829. The van der Waals surface area contributed by atoms with E-state index in [1.165, 1.54) is 6.92 Å². The first kappa shape index (κ1) is 12.2. The third-order valence-electron chi connectivity index (χ3n) is 2.31. The molecule has 16 heavy (non-hydrogen) atoms. The van der Waals surface area contributed by atoms with Crippen molar-refractivity contribution in [3.63, 3.8) is 0 Å². The van der Waals surface area contributed by atoms with Gasteiger partial charge in [0.1, 0.15) is 0 Å². The van der Waals surface area contributed by atoms with Crippen molar-refractivity contribution >= 4 is 17.5 Å². The summed E-state index contributed by atoms with van der Waals surface area (Å²) in [7, 11) is 0. The van der Waals surface area contributed by atoms with Crippen LogP contribution < -0.4 is 10.6 Å². The third-order valence-corrected chi connectivity index (χ3v) is 2.31. The second-order valence-corrected chi connectivity index (χ2v) is 3.72. The molecule has 0 radical (unpaired) electrons. The molecule has 0 saturated heterocycles. The van der Waals surface area contributed by atoms with E-state index in [-0.39, 0.29) is 12.3 Å². The number of nitrogens with zero attached hydrogens (tertiary/aromatic N) is 1. The summed E-state index contributed by atoms with van der Waals surface area (Å²) < 4.78 is 0. The molecule has 0 bridgehead atoms. The number of carbonyl (C=O) groups excluding carboxylic acids is 2. The normalized spacial score (nSPS) is 9.88. The summed E-state index contributed by atoms with van der Waals surface area (Å²) in [5.41, 5.74) is 6.98. The Balaban J connectivity index is 2.81. The molecule has 0 aliphatic heterocycles. The predicted octanol–water partition coefficient (Wildman–Crippen LogP) is 1.22. The van der Waals surface area contributed by atoms with Crippen LogP contribution in [0.5, 0.6) is 0 Å². The van der Waals surface area contributed by atoms with Gasteiger partial charge < -0.3 is 10.6 Å². The molecule has 1 aromatic carbocycles. The van der Waals surface area contributed by atoms with Crippen molar-refractivity contribution in [3.05, 3.63) is 29.8 Å². The average Bonchev–Trinajstić information content (AvgIpc) is 2.20.